The van der Waals surface area contributed by atoms with Crippen molar-refractivity contribution in [2.45, 2.75) is 12.7 Å². The molecule has 0 aliphatic carbocycles. The van der Waals surface area contributed by atoms with Gasteiger partial charge in [-0.2, -0.15) is 0 Å². The molecular weight excluding hydrogens is 272 g/mol. The van der Waals surface area contributed by atoms with E-state index >= 15 is 0 Å². The number of rotatable bonds is 5. The molecule has 1 atom stereocenters. The van der Waals surface area contributed by atoms with E-state index < -0.39 is 20.5 Å². The second kappa shape index (κ2) is 5.68. The fraction of sp³-hybridized carbons (Fsp3) is 0.455. The lowest BCUT2D eigenvalue weighted by atomic mass is 10.1. The second-order valence-corrected chi connectivity index (χ2v) is 10.00. The third kappa shape index (κ3) is 5.05. The van der Waals surface area contributed by atoms with Gasteiger partial charge >= 0.3 is 7.60 Å². The van der Waals surface area contributed by atoms with Crippen molar-refractivity contribution < 1.29 is 18.9 Å². The van der Waals surface area contributed by atoms with Gasteiger partial charge in [0, 0.05) is 6.29 Å². The first-order valence-electron chi connectivity index (χ1n) is 5.49. The van der Waals surface area contributed by atoms with E-state index in [1.165, 1.54) is 0 Å². The van der Waals surface area contributed by atoms with Gasteiger partial charge < -0.3 is 14.4 Å². The molecule has 102 valence electrons. The summed E-state index contributed by atoms with van der Waals surface area (Å²) in [7, 11) is -6.70. The highest BCUT2D eigenvalue weighted by molar-refractivity contribution is 7.62. The fourth-order valence-electron chi connectivity index (χ4n) is 1.49. The molecule has 0 spiro atoms. The minimum atomic E-state index is -4.33. The fourth-order valence-corrected chi connectivity index (χ4v) is 3.14. The van der Waals surface area contributed by atoms with Gasteiger partial charge in [-0.3, -0.25) is 9.88 Å². The van der Waals surface area contributed by atoms with Gasteiger partial charge in [0.15, 0.2) is 0 Å². The van der Waals surface area contributed by atoms with Crippen molar-refractivity contribution in [3.63, 3.8) is 0 Å². The van der Waals surface area contributed by atoms with Crippen LogP contribution in [0.25, 0.3) is 0 Å². The zero-order chi connectivity index (χ0) is 14.0. The maximum Gasteiger partial charge on any atom is 0.346 e. The summed E-state index contributed by atoms with van der Waals surface area (Å²) >= 11 is 0. The summed E-state index contributed by atoms with van der Waals surface area (Å²) in [5.74, 6) is -1.11. The molecule has 1 aromatic carbocycles. The molecule has 3 N–H and O–H groups in total. The second-order valence-electron chi connectivity index (χ2n) is 4.84. The van der Waals surface area contributed by atoms with E-state index in [0.29, 0.717) is 5.56 Å². The van der Waals surface area contributed by atoms with Crippen LogP contribution in [0.3, 0.4) is 0 Å². The highest BCUT2D eigenvalue weighted by atomic mass is 31.2. The Hall–Kier alpha value is -0.440. The molecule has 0 aromatic heterocycles. The molecule has 5 nitrogen and oxygen atoms in total. The molecule has 18 heavy (non-hydrogen) atoms. The maximum atomic E-state index is 11.6. The Morgan fingerprint density at radius 2 is 1.67 bits per heavy atom. The van der Waals surface area contributed by atoms with Crippen LogP contribution in [0.4, 0.5) is 0 Å². The number of hydrogen-bond donors (Lipinski definition) is 3. The highest BCUT2D eigenvalue weighted by Crippen LogP contribution is 2.51. The average Bonchev–Trinajstić information content (AvgIpc) is 2.17. The highest BCUT2D eigenvalue weighted by Gasteiger charge is 2.30. The summed E-state index contributed by atoms with van der Waals surface area (Å²) in [6.07, 6.45) is 0.0939. The van der Waals surface area contributed by atoms with Gasteiger partial charge in [0.2, 0.25) is 0 Å². The van der Waals surface area contributed by atoms with Gasteiger partial charge in [-0.05, 0) is 25.8 Å². The lowest BCUT2D eigenvalue weighted by Crippen LogP contribution is -2.22. The summed E-state index contributed by atoms with van der Waals surface area (Å²) < 4.78 is 23.1. The van der Waals surface area contributed by atoms with Crippen LogP contribution in [0.15, 0.2) is 24.3 Å². The van der Waals surface area contributed by atoms with Crippen molar-refractivity contribution in [2.24, 2.45) is 0 Å². The van der Waals surface area contributed by atoms with E-state index in [2.05, 4.69) is 5.32 Å². The molecule has 1 aromatic rings. The quantitative estimate of drug-likeness (QED) is 0.725. The third-order valence-corrected chi connectivity index (χ3v) is 4.49. The molecule has 0 heterocycles. The van der Waals surface area contributed by atoms with E-state index in [-0.39, 0.29) is 6.29 Å². The summed E-state index contributed by atoms with van der Waals surface area (Å²) in [6, 6.07) is 6.92. The molecule has 7 heteroatoms. The summed E-state index contributed by atoms with van der Waals surface area (Å²) in [5, 5.41) is 2.71. The zero-order valence-corrected chi connectivity index (χ0v) is 12.5. The Kier molecular flexibility index (Phi) is 4.93. The van der Waals surface area contributed by atoms with Crippen molar-refractivity contribution in [3.8, 4) is 0 Å². The minimum absolute atomic E-state index is 0.0939. The zero-order valence-electron chi connectivity index (χ0n) is 10.7. The number of nitrogens with one attached hydrogen (secondary N) is 1. The van der Waals surface area contributed by atoms with Crippen LogP contribution in [-0.4, -0.2) is 29.4 Å². The van der Waals surface area contributed by atoms with Crippen LogP contribution in [-0.2, 0) is 9.13 Å². The first-order valence-corrected chi connectivity index (χ1v) is 9.95. The van der Waals surface area contributed by atoms with Crippen LogP contribution < -0.4 is 5.32 Å². The van der Waals surface area contributed by atoms with E-state index in [1.807, 2.05) is 6.92 Å². The van der Waals surface area contributed by atoms with E-state index in [1.54, 1.807) is 37.6 Å². The summed E-state index contributed by atoms with van der Waals surface area (Å²) in [5.41, 5.74) is 1.52. The lowest BCUT2D eigenvalue weighted by Gasteiger charge is -2.21. The molecule has 0 bridgehead atoms. The predicted octanol–water partition coefficient (Wildman–Crippen LogP) is 2.34. The molecule has 0 amide bonds. The largest absolute Gasteiger partial charge is 0.346 e. The van der Waals surface area contributed by atoms with E-state index in [9.17, 15) is 18.9 Å². The Labute approximate surface area is 107 Å². The van der Waals surface area contributed by atoms with Crippen molar-refractivity contribution in [2.75, 3.05) is 19.6 Å². The van der Waals surface area contributed by atoms with Crippen LogP contribution in [0.5, 0.6) is 0 Å². The van der Waals surface area contributed by atoms with Crippen molar-refractivity contribution in [1.29, 1.82) is 0 Å². The van der Waals surface area contributed by atoms with Gasteiger partial charge in [-0.1, -0.05) is 29.8 Å². The predicted molar refractivity (Wildman–Crippen MR) is 73.4 cm³/mol. The molecular formula is C11H19NO4P2. The standard InChI is InChI=1S/C11H19NO4P2/c1-9-4-6-10(7-5-9)11(18(14,15)16)12-8-17(2,3)13/h4-7,11-12H,8H2,1-3H3,(H2,14,15,16). The number of benzene rings is 1. The molecule has 1 unspecified atom stereocenters. The molecule has 0 aliphatic rings. The molecule has 0 saturated carbocycles. The SMILES string of the molecule is Cc1ccc(C(NCP(C)(C)=O)P(=O)(O)O)cc1. The van der Waals surface area contributed by atoms with Crippen LogP contribution >= 0.6 is 14.7 Å². The third-order valence-electron chi connectivity index (χ3n) is 2.39. The van der Waals surface area contributed by atoms with Gasteiger partial charge in [0.05, 0.1) is 7.14 Å². The van der Waals surface area contributed by atoms with Crippen LogP contribution in [0.1, 0.15) is 16.9 Å². The number of hydrogen-bond acceptors (Lipinski definition) is 3. The molecule has 0 aliphatic heterocycles. The van der Waals surface area contributed by atoms with Gasteiger partial charge in [-0.15, -0.1) is 0 Å². The van der Waals surface area contributed by atoms with Gasteiger partial charge in [-0.25, -0.2) is 0 Å². The monoisotopic (exact) mass is 291 g/mol. The molecule has 1 rings (SSSR count). The van der Waals surface area contributed by atoms with Crippen LogP contribution in [0, 0.1) is 6.92 Å². The Morgan fingerprint density at radius 3 is 2.06 bits per heavy atom. The van der Waals surface area contributed by atoms with Gasteiger partial charge in [0.1, 0.15) is 5.78 Å². The van der Waals surface area contributed by atoms with Crippen molar-refractivity contribution in [1.82, 2.24) is 5.32 Å². The molecule has 0 fully saturated rings. The van der Waals surface area contributed by atoms with E-state index in [0.717, 1.165) is 5.56 Å². The topological polar surface area (TPSA) is 86.6 Å². The smallest absolute Gasteiger partial charge is 0.323 e. The minimum Gasteiger partial charge on any atom is -0.323 e. The van der Waals surface area contributed by atoms with Crippen molar-refractivity contribution >= 4 is 14.7 Å². The van der Waals surface area contributed by atoms with Crippen molar-refractivity contribution in [3.05, 3.63) is 35.4 Å². The summed E-state index contributed by atoms with van der Waals surface area (Å²) in [4.78, 5) is 18.7. The van der Waals surface area contributed by atoms with E-state index in [4.69, 9.17) is 0 Å². The molecule has 0 radical (unpaired) electrons. The first-order chi connectivity index (χ1) is 8.09. The lowest BCUT2D eigenvalue weighted by molar-refractivity contribution is 0.350. The number of aryl methyl sites for hydroxylation is 1. The molecule has 0 saturated heterocycles. The normalized spacial score (nSPS) is 14.5. The Bertz CT molecular complexity index is 488. The summed E-state index contributed by atoms with van der Waals surface area (Å²) in [6.45, 7) is 5.05. The Morgan fingerprint density at radius 1 is 1.17 bits per heavy atom. The van der Waals surface area contributed by atoms with Crippen LogP contribution in [0.2, 0.25) is 0 Å². The van der Waals surface area contributed by atoms with Gasteiger partial charge in [0.25, 0.3) is 0 Å². The maximum absolute atomic E-state index is 11.6. The Balaban J connectivity index is 2.96. The average molecular weight is 291 g/mol. The first kappa shape index (κ1) is 15.6.